The van der Waals surface area contributed by atoms with Crippen LogP contribution in [0.2, 0.25) is 11.6 Å². The fourth-order valence-electron chi connectivity index (χ4n) is 1.51. The van der Waals surface area contributed by atoms with Crippen molar-refractivity contribution in [1.29, 1.82) is 0 Å². The minimum Gasteiger partial charge on any atom is -0.359 e. The van der Waals surface area contributed by atoms with E-state index >= 15 is 0 Å². The largest absolute Gasteiger partial charge is 0.359 e. The summed E-state index contributed by atoms with van der Waals surface area (Å²) >= 11 is 0. The Kier molecular flexibility index (Phi) is 14.6. The molecule has 2 N–H and O–H groups in total. The minimum absolute atomic E-state index is 0.00463. The number of carbonyl (C=O) groups is 4. The summed E-state index contributed by atoms with van der Waals surface area (Å²) in [6.45, 7) is 14.0. The molecule has 0 aliphatic rings. The first-order chi connectivity index (χ1) is 12.0. The highest BCUT2D eigenvalue weighted by Crippen LogP contribution is 2.16. The van der Waals surface area contributed by atoms with Gasteiger partial charge in [0.05, 0.1) is 0 Å². The monoisotopic (exact) mass is 418 g/mol. The van der Waals surface area contributed by atoms with E-state index in [1.165, 1.54) is 20.8 Å². The summed E-state index contributed by atoms with van der Waals surface area (Å²) in [4.78, 5) is 43.0. The number of hydrogen-bond donors (Lipinski definition) is 2. The SMILES string of the molecule is C=C[Si](C)(N(C)C(C)=O)N(C)C(C)=O.CNC(=O)C(C)(C)[SiH3].CNC(C)=O. The molecule has 0 radical (unpaired) electrons. The number of rotatable bonds is 4. The molecule has 0 spiro atoms. The predicted molar refractivity (Wildman–Crippen MR) is 116 cm³/mol. The zero-order chi connectivity index (χ0) is 22.6. The molecule has 158 valence electrons. The fraction of sp³-hybridized carbons (Fsp3) is 0.647. The molecule has 0 aliphatic carbocycles. The minimum atomic E-state index is -2.32. The van der Waals surface area contributed by atoms with Crippen LogP contribution >= 0.6 is 0 Å². The van der Waals surface area contributed by atoms with Crippen molar-refractivity contribution >= 4 is 42.3 Å². The van der Waals surface area contributed by atoms with Gasteiger partial charge in [0, 0.05) is 64.2 Å². The second-order valence-corrected chi connectivity index (χ2v) is 13.5. The molecule has 0 unspecified atom stereocenters. The average molecular weight is 419 g/mol. The Balaban J connectivity index is -0.000000372. The predicted octanol–water partition coefficient (Wildman–Crippen LogP) is -0.211. The van der Waals surface area contributed by atoms with Gasteiger partial charge in [0.1, 0.15) is 0 Å². The highest BCUT2D eigenvalue weighted by Gasteiger charge is 2.38. The lowest BCUT2D eigenvalue weighted by molar-refractivity contribution is -0.126. The lowest BCUT2D eigenvalue weighted by atomic mass is 10.2. The summed E-state index contributed by atoms with van der Waals surface area (Å²) in [6, 6.07) is 0. The summed E-state index contributed by atoms with van der Waals surface area (Å²) in [5, 5.41) is 4.89. The standard InChI is InChI=1S/C9H18N2O2Si.C5H13NOSi.C3H7NO/c1-7-14(6,10(4)8(2)12)11(5)9(3)13;1-5(2,8)4(7)6-3;1-3(5)4-2/h7H,1H2,2-6H3;1-3,8H3,(H,6,7);1-2H3,(H,4,5). The zero-order valence-corrected chi connectivity index (χ0v) is 21.8. The van der Waals surface area contributed by atoms with Crippen molar-refractivity contribution in [2.24, 2.45) is 0 Å². The highest BCUT2D eigenvalue weighted by molar-refractivity contribution is 6.81. The molecule has 0 saturated carbocycles. The third-order valence-electron chi connectivity index (χ3n) is 3.95. The molecule has 0 heterocycles. The second-order valence-electron chi connectivity index (χ2n) is 7.09. The summed E-state index contributed by atoms with van der Waals surface area (Å²) in [6.07, 6.45) is 0. The smallest absolute Gasteiger partial charge is 0.290 e. The van der Waals surface area contributed by atoms with Gasteiger partial charge in [-0.2, -0.15) is 0 Å². The van der Waals surface area contributed by atoms with E-state index in [0.717, 1.165) is 10.2 Å². The van der Waals surface area contributed by atoms with Gasteiger partial charge in [0.15, 0.2) is 0 Å². The van der Waals surface area contributed by atoms with Crippen LogP contribution in [0.5, 0.6) is 0 Å². The molecular formula is C17H38N4O4Si2. The molecule has 0 atom stereocenters. The molecule has 0 bridgehead atoms. The molecular weight excluding hydrogens is 380 g/mol. The molecule has 0 aromatic heterocycles. The van der Waals surface area contributed by atoms with Crippen LogP contribution in [0.25, 0.3) is 0 Å². The quantitative estimate of drug-likeness (QED) is 0.617. The van der Waals surface area contributed by atoms with E-state index in [-0.39, 0.29) is 28.7 Å². The van der Waals surface area contributed by atoms with E-state index in [2.05, 4.69) is 17.2 Å². The number of amides is 4. The van der Waals surface area contributed by atoms with Crippen LogP contribution in [0.1, 0.15) is 34.6 Å². The lowest BCUT2D eigenvalue weighted by Gasteiger charge is -2.39. The van der Waals surface area contributed by atoms with Crippen molar-refractivity contribution in [2.45, 2.75) is 46.2 Å². The molecule has 10 heteroatoms. The van der Waals surface area contributed by atoms with Gasteiger partial charge >= 0.3 is 0 Å². The van der Waals surface area contributed by atoms with Gasteiger partial charge in [-0.25, -0.2) is 0 Å². The number of hydrogen-bond acceptors (Lipinski definition) is 4. The van der Waals surface area contributed by atoms with Crippen LogP contribution in [-0.4, -0.2) is 79.6 Å². The van der Waals surface area contributed by atoms with Gasteiger partial charge in [0.25, 0.3) is 8.40 Å². The van der Waals surface area contributed by atoms with Crippen molar-refractivity contribution in [2.75, 3.05) is 28.2 Å². The van der Waals surface area contributed by atoms with Crippen molar-refractivity contribution in [3.05, 3.63) is 12.3 Å². The Morgan fingerprint density at radius 3 is 1.33 bits per heavy atom. The summed E-state index contributed by atoms with van der Waals surface area (Å²) < 4.78 is 3.22. The molecule has 0 aromatic carbocycles. The molecule has 0 saturated heterocycles. The van der Waals surface area contributed by atoms with Crippen LogP contribution in [0, 0.1) is 0 Å². The molecule has 0 aromatic rings. The average Bonchev–Trinajstić information content (AvgIpc) is 2.58. The van der Waals surface area contributed by atoms with Crippen LogP contribution in [0.4, 0.5) is 0 Å². The second kappa shape index (κ2) is 13.3. The Hall–Kier alpha value is -1.95. The van der Waals surface area contributed by atoms with E-state index in [1.807, 2.05) is 20.4 Å². The van der Waals surface area contributed by atoms with Crippen LogP contribution in [-0.2, 0) is 19.2 Å². The first-order valence-corrected chi connectivity index (χ1v) is 12.0. The highest BCUT2D eigenvalue weighted by atomic mass is 28.3. The molecule has 0 aliphatic heterocycles. The van der Waals surface area contributed by atoms with E-state index < -0.39 is 8.40 Å². The maximum atomic E-state index is 11.3. The van der Waals surface area contributed by atoms with E-state index in [9.17, 15) is 19.2 Å². The van der Waals surface area contributed by atoms with Crippen molar-refractivity contribution in [3.63, 3.8) is 0 Å². The first-order valence-electron chi connectivity index (χ1n) is 8.55. The zero-order valence-electron chi connectivity index (χ0n) is 18.8. The van der Waals surface area contributed by atoms with E-state index in [1.54, 1.807) is 43.0 Å². The van der Waals surface area contributed by atoms with Gasteiger partial charge in [-0.15, -0.1) is 6.58 Å². The molecule has 8 nitrogen and oxygen atoms in total. The Morgan fingerprint density at radius 2 is 1.26 bits per heavy atom. The summed E-state index contributed by atoms with van der Waals surface area (Å²) in [5.41, 5.74) is 1.72. The first kappa shape index (κ1) is 29.8. The Morgan fingerprint density at radius 1 is 0.963 bits per heavy atom. The van der Waals surface area contributed by atoms with E-state index in [0.29, 0.717) is 0 Å². The van der Waals surface area contributed by atoms with Gasteiger partial charge in [-0.1, -0.05) is 19.5 Å². The maximum absolute atomic E-state index is 11.3. The van der Waals surface area contributed by atoms with Gasteiger partial charge in [-0.3, -0.25) is 19.2 Å². The Bertz CT molecular complexity index is 514. The lowest BCUT2D eigenvalue weighted by Crippen LogP contribution is -2.62. The van der Waals surface area contributed by atoms with Crippen LogP contribution in [0.3, 0.4) is 0 Å². The molecule has 0 rings (SSSR count). The van der Waals surface area contributed by atoms with E-state index in [4.69, 9.17) is 0 Å². The summed E-state index contributed by atoms with van der Waals surface area (Å²) in [7, 11) is 5.26. The molecule has 4 amide bonds. The van der Waals surface area contributed by atoms with Crippen molar-refractivity contribution in [1.82, 2.24) is 19.8 Å². The van der Waals surface area contributed by atoms with Gasteiger partial charge in [0.2, 0.25) is 23.6 Å². The normalized spacial score (nSPS) is 10.1. The third kappa shape index (κ3) is 12.1. The van der Waals surface area contributed by atoms with Crippen LogP contribution in [0.15, 0.2) is 12.3 Å². The molecule has 0 fully saturated rings. The van der Waals surface area contributed by atoms with Crippen LogP contribution < -0.4 is 10.6 Å². The fourth-order valence-corrected chi connectivity index (χ4v) is 4.03. The van der Waals surface area contributed by atoms with Crippen molar-refractivity contribution < 1.29 is 19.2 Å². The molecule has 27 heavy (non-hydrogen) atoms. The number of nitrogens with zero attached hydrogens (tertiary/aromatic N) is 2. The number of carbonyl (C=O) groups excluding carboxylic acids is 4. The third-order valence-corrected chi connectivity index (χ3v) is 8.52. The summed E-state index contributed by atoms with van der Waals surface area (Å²) in [5.74, 6) is 0.0495. The maximum Gasteiger partial charge on any atom is 0.290 e. The van der Waals surface area contributed by atoms with Crippen molar-refractivity contribution in [3.8, 4) is 0 Å². The topological polar surface area (TPSA) is 98.8 Å². The Labute approximate surface area is 168 Å². The van der Waals surface area contributed by atoms with Gasteiger partial charge in [-0.05, 0) is 6.55 Å². The number of nitrogens with one attached hydrogen (secondary N) is 2. The van der Waals surface area contributed by atoms with Gasteiger partial charge < -0.3 is 19.8 Å².